The third-order valence-corrected chi connectivity index (χ3v) is 3.94. The van der Waals surface area contributed by atoms with E-state index in [4.69, 9.17) is 0 Å². The highest BCUT2D eigenvalue weighted by Gasteiger charge is 2.08. The fraction of sp³-hybridized carbons (Fsp3) is 0.938. The van der Waals surface area contributed by atoms with Crippen LogP contribution in [0.4, 0.5) is 0 Å². The minimum Gasteiger partial charge on any atom is -0.356 e. The Morgan fingerprint density at radius 3 is 2.14 bits per heavy atom. The van der Waals surface area contributed by atoms with Gasteiger partial charge in [-0.2, -0.15) is 0 Å². The summed E-state index contributed by atoms with van der Waals surface area (Å²) in [5, 5.41) is 6.79. The van der Waals surface area contributed by atoms with Crippen molar-refractivity contribution in [3.05, 3.63) is 0 Å². The SMILES string of the molecule is CCCCCNC(=NC)NCCCN1CCCCCC1.I. The van der Waals surface area contributed by atoms with Crippen LogP contribution >= 0.6 is 24.0 Å². The maximum Gasteiger partial charge on any atom is 0.190 e. The van der Waals surface area contributed by atoms with Gasteiger partial charge in [-0.05, 0) is 45.3 Å². The van der Waals surface area contributed by atoms with Gasteiger partial charge in [0, 0.05) is 20.1 Å². The summed E-state index contributed by atoms with van der Waals surface area (Å²) in [6, 6.07) is 0. The second-order valence-corrected chi connectivity index (χ2v) is 5.74. The predicted octanol–water partition coefficient (Wildman–Crippen LogP) is 3.23. The zero-order chi connectivity index (χ0) is 14.5. The maximum absolute atomic E-state index is 4.27. The molecule has 1 saturated heterocycles. The molecule has 2 N–H and O–H groups in total. The van der Waals surface area contributed by atoms with Crippen LogP contribution in [-0.2, 0) is 0 Å². The van der Waals surface area contributed by atoms with Gasteiger partial charge in [-0.25, -0.2) is 0 Å². The van der Waals surface area contributed by atoms with E-state index < -0.39 is 0 Å². The van der Waals surface area contributed by atoms with Gasteiger partial charge >= 0.3 is 0 Å². The van der Waals surface area contributed by atoms with E-state index in [1.54, 1.807) is 0 Å². The van der Waals surface area contributed by atoms with E-state index in [-0.39, 0.29) is 24.0 Å². The van der Waals surface area contributed by atoms with E-state index in [0.29, 0.717) is 0 Å². The number of aliphatic imine (C=N–C) groups is 1. The van der Waals surface area contributed by atoms with Gasteiger partial charge in [0.05, 0.1) is 0 Å². The number of nitrogens with zero attached hydrogens (tertiary/aromatic N) is 2. The van der Waals surface area contributed by atoms with Crippen LogP contribution in [0.2, 0.25) is 0 Å². The molecule has 1 fully saturated rings. The van der Waals surface area contributed by atoms with Crippen molar-refractivity contribution >= 4 is 29.9 Å². The fourth-order valence-corrected chi connectivity index (χ4v) is 2.67. The molecule has 0 aromatic heterocycles. The number of hydrogen-bond donors (Lipinski definition) is 2. The van der Waals surface area contributed by atoms with Crippen molar-refractivity contribution in [1.82, 2.24) is 15.5 Å². The lowest BCUT2D eigenvalue weighted by Crippen LogP contribution is -2.39. The first-order chi connectivity index (χ1) is 9.86. The molecule has 1 aliphatic rings. The molecular weight excluding hydrogens is 375 g/mol. The van der Waals surface area contributed by atoms with Gasteiger partial charge in [-0.1, -0.05) is 32.6 Å². The molecule has 0 unspecified atom stereocenters. The highest BCUT2D eigenvalue weighted by Crippen LogP contribution is 2.09. The van der Waals surface area contributed by atoms with Crippen molar-refractivity contribution in [2.24, 2.45) is 4.99 Å². The highest BCUT2D eigenvalue weighted by molar-refractivity contribution is 14.0. The van der Waals surface area contributed by atoms with E-state index in [9.17, 15) is 0 Å². The van der Waals surface area contributed by atoms with Crippen LogP contribution in [0, 0.1) is 0 Å². The summed E-state index contributed by atoms with van der Waals surface area (Å²) in [7, 11) is 1.85. The lowest BCUT2D eigenvalue weighted by atomic mass is 10.2. The van der Waals surface area contributed by atoms with Crippen LogP contribution < -0.4 is 10.6 Å². The van der Waals surface area contributed by atoms with Crippen LogP contribution in [0.3, 0.4) is 0 Å². The molecule has 0 amide bonds. The summed E-state index contributed by atoms with van der Waals surface area (Å²) in [4.78, 5) is 6.88. The second kappa shape index (κ2) is 14.9. The molecule has 0 aliphatic carbocycles. The van der Waals surface area contributed by atoms with E-state index >= 15 is 0 Å². The Kier molecular flexibility index (Phi) is 14.9. The van der Waals surface area contributed by atoms with Crippen LogP contribution in [0.15, 0.2) is 4.99 Å². The molecule has 5 heteroatoms. The average molecular weight is 410 g/mol. The third-order valence-electron chi connectivity index (χ3n) is 3.94. The van der Waals surface area contributed by atoms with Gasteiger partial charge in [-0.15, -0.1) is 24.0 Å². The Morgan fingerprint density at radius 1 is 0.952 bits per heavy atom. The molecule has 0 aromatic carbocycles. The number of unbranched alkanes of at least 4 members (excludes halogenated alkanes) is 2. The Hall–Kier alpha value is -0.0400. The largest absolute Gasteiger partial charge is 0.356 e. The van der Waals surface area contributed by atoms with Crippen LogP contribution in [-0.4, -0.2) is 50.6 Å². The van der Waals surface area contributed by atoms with Crippen LogP contribution in [0.25, 0.3) is 0 Å². The number of halogens is 1. The first-order valence-electron chi connectivity index (χ1n) is 8.53. The molecule has 1 rings (SSSR count). The minimum atomic E-state index is 0. The van der Waals surface area contributed by atoms with Gasteiger partial charge in [0.2, 0.25) is 0 Å². The Labute approximate surface area is 148 Å². The van der Waals surface area contributed by atoms with Gasteiger partial charge in [0.15, 0.2) is 5.96 Å². The molecule has 0 aromatic rings. The third kappa shape index (κ3) is 11.2. The number of nitrogens with one attached hydrogen (secondary N) is 2. The zero-order valence-electron chi connectivity index (χ0n) is 14.0. The summed E-state index contributed by atoms with van der Waals surface area (Å²) in [6.45, 7) is 8.09. The molecule has 4 nitrogen and oxygen atoms in total. The molecule has 126 valence electrons. The number of likely N-dealkylation sites (tertiary alicyclic amines) is 1. The first kappa shape index (κ1) is 21.0. The predicted molar refractivity (Wildman–Crippen MR) is 104 cm³/mol. The monoisotopic (exact) mass is 410 g/mol. The number of rotatable bonds is 8. The smallest absolute Gasteiger partial charge is 0.190 e. The van der Waals surface area contributed by atoms with Crippen molar-refractivity contribution in [1.29, 1.82) is 0 Å². The van der Waals surface area contributed by atoms with Crippen LogP contribution in [0.1, 0.15) is 58.3 Å². The molecule has 0 spiro atoms. The summed E-state index contributed by atoms with van der Waals surface area (Å²) in [5.41, 5.74) is 0. The topological polar surface area (TPSA) is 39.7 Å². The van der Waals surface area contributed by atoms with Gasteiger partial charge in [-0.3, -0.25) is 4.99 Å². The van der Waals surface area contributed by atoms with E-state index in [2.05, 4.69) is 27.4 Å². The summed E-state index contributed by atoms with van der Waals surface area (Å²) in [5.74, 6) is 0.956. The summed E-state index contributed by atoms with van der Waals surface area (Å²) in [6.07, 6.45) is 10.6. The van der Waals surface area contributed by atoms with Crippen molar-refractivity contribution in [2.75, 3.05) is 39.8 Å². The quantitative estimate of drug-likeness (QED) is 0.279. The normalized spacial score (nSPS) is 17.0. The molecule has 0 atom stereocenters. The molecule has 1 aliphatic heterocycles. The lowest BCUT2D eigenvalue weighted by Gasteiger charge is -2.20. The minimum absolute atomic E-state index is 0. The molecule has 0 radical (unpaired) electrons. The fourth-order valence-electron chi connectivity index (χ4n) is 2.67. The first-order valence-corrected chi connectivity index (χ1v) is 8.53. The van der Waals surface area contributed by atoms with E-state index in [1.807, 2.05) is 7.05 Å². The maximum atomic E-state index is 4.27. The Morgan fingerprint density at radius 2 is 1.57 bits per heavy atom. The van der Waals surface area contributed by atoms with Crippen molar-refractivity contribution in [2.45, 2.75) is 58.3 Å². The number of hydrogen-bond acceptors (Lipinski definition) is 2. The van der Waals surface area contributed by atoms with Gasteiger partial charge in [0.25, 0.3) is 0 Å². The number of guanidine groups is 1. The molecule has 1 heterocycles. The second-order valence-electron chi connectivity index (χ2n) is 5.74. The molecule has 0 bridgehead atoms. The van der Waals surface area contributed by atoms with E-state index in [1.165, 1.54) is 71.0 Å². The van der Waals surface area contributed by atoms with Crippen molar-refractivity contribution in [3.63, 3.8) is 0 Å². The lowest BCUT2D eigenvalue weighted by molar-refractivity contribution is 0.282. The van der Waals surface area contributed by atoms with Crippen molar-refractivity contribution in [3.8, 4) is 0 Å². The standard InChI is InChI=1S/C16H34N4.HI/c1-3-4-7-11-18-16(17-2)19-12-10-15-20-13-8-5-6-9-14-20;/h3-15H2,1-2H3,(H2,17,18,19);1H. The average Bonchev–Trinajstić information content (AvgIpc) is 2.74. The zero-order valence-corrected chi connectivity index (χ0v) is 16.3. The highest BCUT2D eigenvalue weighted by atomic mass is 127. The van der Waals surface area contributed by atoms with E-state index in [0.717, 1.165) is 19.0 Å². The molecule has 21 heavy (non-hydrogen) atoms. The van der Waals surface area contributed by atoms with Gasteiger partial charge in [0.1, 0.15) is 0 Å². The van der Waals surface area contributed by atoms with Gasteiger partial charge < -0.3 is 15.5 Å². The summed E-state index contributed by atoms with van der Waals surface area (Å²) < 4.78 is 0. The van der Waals surface area contributed by atoms with Crippen molar-refractivity contribution < 1.29 is 0 Å². The van der Waals surface area contributed by atoms with Crippen LogP contribution in [0.5, 0.6) is 0 Å². The summed E-state index contributed by atoms with van der Waals surface area (Å²) >= 11 is 0. The molecule has 0 saturated carbocycles. The Bertz CT molecular complexity index is 251. The molecular formula is C16H35IN4. The Balaban J connectivity index is 0.00000400.